The number of hydrogen-bond donors (Lipinski definition) is 1. The lowest BCUT2D eigenvalue weighted by atomic mass is 10.2. The zero-order chi connectivity index (χ0) is 20.4. The molecular formula is C19H19N5O4S. The van der Waals surface area contributed by atoms with E-state index in [0.29, 0.717) is 17.6 Å². The minimum Gasteiger partial charge on any atom is -0.467 e. The number of hydrogen-bond acceptors (Lipinski definition) is 7. The van der Waals surface area contributed by atoms with E-state index in [2.05, 4.69) is 15.5 Å². The Balaban J connectivity index is 1.50. The number of aromatic nitrogens is 3. The number of rotatable bonds is 8. The summed E-state index contributed by atoms with van der Waals surface area (Å²) in [5, 5.41) is 22.5. The summed E-state index contributed by atoms with van der Waals surface area (Å²) >= 11 is 1.27. The highest BCUT2D eigenvalue weighted by Gasteiger charge is 2.31. The highest BCUT2D eigenvalue weighted by molar-refractivity contribution is 8.00. The van der Waals surface area contributed by atoms with Gasteiger partial charge in [-0.25, -0.2) is 0 Å². The maximum absolute atomic E-state index is 12.6. The molecule has 1 unspecified atom stereocenters. The summed E-state index contributed by atoms with van der Waals surface area (Å²) in [6.07, 6.45) is 3.77. The van der Waals surface area contributed by atoms with Gasteiger partial charge in [-0.2, -0.15) is 0 Å². The van der Waals surface area contributed by atoms with Crippen molar-refractivity contribution in [1.82, 2.24) is 14.8 Å². The molecule has 0 spiro atoms. The van der Waals surface area contributed by atoms with Gasteiger partial charge in [-0.05, 0) is 38.0 Å². The van der Waals surface area contributed by atoms with Gasteiger partial charge < -0.3 is 9.73 Å². The number of nitrogens with one attached hydrogen (secondary N) is 1. The van der Waals surface area contributed by atoms with E-state index in [1.54, 1.807) is 25.3 Å². The van der Waals surface area contributed by atoms with E-state index in [4.69, 9.17) is 4.42 Å². The van der Waals surface area contributed by atoms with Gasteiger partial charge in [0, 0.05) is 12.0 Å². The molecular weight excluding hydrogens is 394 g/mol. The molecule has 0 saturated heterocycles. The van der Waals surface area contributed by atoms with Crippen LogP contribution in [0.5, 0.6) is 0 Å². The smallest absolute Gasteiger partial charge is 0.292 e. The quantitative estimate of drug-likeness (QED) is 0.339. The molecule has 0 radical (unpaired) electrons. The fourth-order valence-electron chi connectivity index (χ4n) is 2.92. The molecule has 0 bridgehead atoms. The van der Waals surface area contributed by atoms with Crippen molar-refractivity contribution in [1.29, 1.82) is 0 Å². The molecule has 3 aromatic rings. The van der Waals surface area contributed by atoms with Crippen molar-refractivity contribution in [2.45, 2.75) is 42.6 Å². The van der Waals surface area contributed by atoms with Crippen molar-refractivity contribution in [3.05, 3.63) is 64.4 Å². The number of nitrogens with zero attached hydrogens (tertiary/aromatic N) is 4. The molecule has 4 rings (SSSR count). The van der Waals surface area contributed by atoms with Crippen LogP contribution in [0.25, 0.3) is 0 Å². The van der Waals surface area contributed by atoms with Crippen molar-refractivity contribution in [2.24, 2.45) is 0 Å². The molecule has 1 atom stereocenters. The van der Waals surface area contributed by atoms with E-state index in [1.165, 1.54) is 23.9 Å². The van der Waals surface area contributed by atoms with Crippen LogP contribution in [0.2, 0.25) is 0 Å². The standard InChI is InChI=1S/C19H19N5O4S/c1-12(18(25)20-15-6-2-3-7-16(15)24(26)27)29-19-22-21-17(13-8-9-13)23(19)11-14-5-4-10-28-14/h2-7,10,12-13H,8-9,11H2,1H3,(H,20,25). The molecule has 1 aliphatic carbocycles. The molecule has 1 aliphatic rings. The summed E-state index contributed by atoms with van der Waals surface area (Å²) in [5.74, 6) is 1.73. The second-order valence-corrected chi connectivity index (χ2v) is 8.11. The molecule has 0 aliphatic heterocycles. The summed E-state index contributed by atoms with van der Waals surface area (Å²) in [7, 11) is 0. The fourth-order valence-corrected chi connectivity index (χ4v) is 3.78. The van der Waals surface area contributed by atoms with Gasteiger partial charge in [0.15, 0.2) is 5.16 Å². The average Bonchev–Trinajstić information content (AvgIpc) is 3.28. The van der Waals surface area contributed by atoms with Gasteiger partial charge in [0.25, 0.3) is 5.69 Å². The first-order valence-corrected chi connectivity index (χ1v) is 10.1. The lowest BCUT2D eigenvalue weighted by Gasteiger charge is -2.13. The number of benzene rings is 1. The Kier molecular flexibility index (Phi) is 5.34. The monoisotopic (exact) mass is 413 g/mol. The van der Waals surface area contributed by atoms with Gasteiger partial charge in [-0.15, -0.1) is 10.2 Å². The summed E-state index contributed by atoms with van der Waals surface area (Å²) in [4.78, 5) is 23.3. The SMILES string of the molecule is CC(Sc1nnc(C2CC2)n1Cc1ccco1)C(=O)Nc1ccccc1[N+](=O)[O-]. The van der Waals surface area contributed by atoms with Crippen LogP contribution in [0.15, 0.2) is 52.2 Å². The number of anilines is 1. The molecule has 29 heavy (non-hydrogen) atoms. The molecule has 1 amide bonds. The van der Waals surface area contributed by atoms with Crippen molar-refractivity contribution in [2.75, 3.05) is 5.32 Å². The molecule has 1 aromatic carbocycles. The zero-order valence-corrected chi connectivity index (χ0v) is 16.5. The third-order valence-corrected chi connectivity index (χ3v) is 5.67. The molecule has 2 aromatic heterocycles. The Hall–Kier alpha value is -3.14. The van der Waals surface area contributed by atoms with Crippen LogP contribution in [0, 0.1) is 10.1 Å². The first-order valence-electron chi connectivity index (χ1n) is 9.19. The zero-order valence-electron chi connectivity index (χ0n) is 15.6. The van der Waals surface area contributed by atoms with E-state index in [0.717, 1.165) is 24.4 Å². The Morgan fingerprint density at radius 1 is 1.34 bits per heavy atom. The first-order chi connectivity index (χ1) is 14.0. The number of nitro groups is 1. The summed E-state index contributed by atoms with van der Waals surface area (Å²) in [6.45, 7) is 2.23. The molecule has 2 heterocycles. The van der Waals surface area contributed by atoms with E-state index < -0.39 is 10.2 Å². The second-order valence-electron chi connectivity index (χ2n) is 6.80. The lowest BCUT2D eigenvalue weighted by molar-refractivity contribution is -0.383. The fraction of sp³-hybridized carbons (Fsp3) is 0.316. The van der Waals surface area contributed by atoms with Crippen molar-refractivity contribution in [3.8, 4) is 0 Å². The normalized spacial score (nSPS) is 14.5. The van der Waals surface area contributed by atoms with Crippen LogP contribution in [0.1, 0.15) is 37.3 Å². The van der Waals surface area contributed by atoms with Crippen LogP contribution >= 0.6 is 11.8 Å². The number of carbonyl (C=O) groups is 1. The minimum absolute atomic E-state index is 0.143. The maximum Gasteiger partial charge on any atom is 0.292 e. The summed E-state index contributed by atoms with van der Waals surface area (Å²) < 4.78 is 7.44. The largest absolute Gasteiger partial charge is 0.467 e. The second kappa shape index (κ2) is 8.08. The topological polar surface area (TPSA) is 116 Å². The third-order valence-electron chi connectivity index (χ3n) is 4.59. The van der Waals surface area contributed by atoms with Gasteiger partial charge in [0.05, 0.1) is 23.0 Å². The average molecular weight is 413 g/mol. The lowest BCUT2D eigenvalue weighted by Crippen LogP contribution is -2.23. The van der Waals surface area contributed by atoms with Crippen LogP contribution in [0.4, 0.5) is 11.4 Å². The first kappa shape index (κ1) is 19.2. The number of nitro benzene ring substituents is 1. The summed E-state index contributed by atoms with van der Waals surface area (Å²) in [5.41, 5.74) is 0.0285. The Morgan fingerprint density at radius 2 is 2.14 bits per heavy atom. The maximum atomic E-state index is 12.6. The van der Waals surface area contributed by atoms with Crippen molar-refractivity contribution in [3.63, 3.8) is 0 Å². The molecule has 10 heteroatoms. The number of thioether (sulfide) groups is 1. The Morgan fingerprint density at radius 3 is 2.83 bits per heavy atom. The van der Waals surface area contributed by atoms with Gasteiger partial charge in [-0.1, -0.05) is 23.9 Å². The molecule has 1 N–H and O–H groups in total. The number of carbonyl (C=O) groups excluding carboxylic acids is 1. The van der Waals surface area contributed by atoms with Gasteiger partial charge in [0.2, 0.25) is 5.91 Å². The van der Waals surface area contributed by atoms with Crippen LogP contribution in [-0.2, 0) is 11.3 Å². The third kappa shape index (κ3) is 4.32. The number of amides is 1. The van der Waals surface area contributed by atoms with E-state index in [9.17, 15) is 14.9 Å². The summed E-state index contributed by atoms with van der Waals surface area (Å²) in [6, 6.07) is 9.78. The van der Waals surface area contributed by atoms with E-state index in [-0.39, 0.29) is 17.3 Å². The predicted molar refractivity (Wildman–Crippen MR) is 107 cm³/mol. The van der Waals surface area contributed by atoms with Gasteiger partial charge >= 0.3 is 0 Å². The molecule has 1 saturated carbocycles. The van der Waals surface area contributed by atoms with E-state index >= 15 is 0 Å². The van der Waals surface area contributed by atoms with E-state index in [1.807, 2.05) is 16.7 Å². The van der Waals surface area contributed by atoms with Crippen molar-refractivity contribution >= 4 is 29.0 Å². The molecule has 9 nitrogen and oxygen atoms in total. The molecule has 1 fully saturated rings. The number of furan rings is 1. The predicted octanol–water partition coefficient (Wildman–Crippen LogP) is 3.82. The highest BCUT2D eigenvalue weighted by Crippen LogP contribution is 2.40. The minimum atomic E-state index is -0.526. The Labute approximate surface area is 170 Å². The van der Waals surface area contributed by atoms with Gasteiger partial charge in [0.1, 0.15) is 17.3 Å². The molecule has 150 valence electrons. The highest BCUT2D eigenvalue weighted by atomic mass is 32.2. The Bertz CT molecular complexity index is 1030. The van der Waals surface area contributed by atoms with Crippen LogP contribution in [0.3, 0.4) is 0 Å². The van der Waals surface area contributed by atoms with Gasteiger partial charge in [-0.3, -0.25) is 19.5 Å². The van der Waals surface area contributed by atoms with Crippen LogP contribution < -0.4 is 5.32 Å². The number of para-hydroxylation sites is 2. The van der Waals surface area contributed by atoms with Crippen molar-refractivity contribution < 1.29 is 14.1 Å². The van der Waals surface area contributed by atoms with Crippen LogP contribution in [-0.4, -0.2) is 30.8 Å².